The Balaban J connectivity index is 1.71. The number of furan rings is 1. The average Bonchev–Trinajstić information content (AvgIpc) is 3.19. The summed E-state index contributed by atoms with van der Waals surface area (Å²) in [6, 6.07) is 11.2. The molecule has 1 atom stereocenters. The van der Waals surface area contributed by atoms with Gasteiger partial charge in [0.2, 0.25) is 0 Å². The lowest BCUT2D eigenvalue weighted by molar-refractivity contribution is 0.0884. The molecular weight excluding hydrogens is 312 g/mol. The van der Waals surface area contributed by atoms with Crippen molar-refractivity contribution < 1.29 is 14.3 Å². The van der Waals surface area contributed by atoms with Gasteiger partial charge in [-0.05, 0) is 30.7 Å². The number of amides is 1. The summed E-state index contributed by atoms with van der Waals surface area (Å²) in [6.45, 7) is 2.21. The van der Waals surface area contributed by atoms with Gasteiger partial charge in [-0.25, -0.2) is 4.98 Å². The minimum Gasteiger partial charge on any atom is -0.448 e. The highest BCUT2D eigenvalue weighted by atomic mass is 32.1. The highest BCUT2D eigenvalue weighted by Crippen LogP contribution is 2.31. The van der Waals surface area contributed by atoms with Crippen LogP contribution in [0.5, 0.6) is 0 Å². The van der Waals surface area contributed by atoms with Gasteiger partial charge in [0.15, 0.2) is 16.5 Å². The number of aliphatic hydroxyl groups excluding tert-OH is 1. The lowest BCUT2D eigenvalue weighted by Crippen LogP contribution is -2.31. The second-order valence-electron chi connectivity index (χ2n) is 5.30. The van der Waals surface area contributed by atoms with Crippen LogP contribution < -0.4 is 5.32 Å². The molecule has 0 saturated heterocycles. The Hall–Kier alpha value is -2.18. The van der Waals surface area contributed by atoms with E-state index in [0.29, 0.717) is 12.2 Å². The third-order valence-electron chi connectivity index (χ3n) is 3.45. The van der Waals surface area contributed by atoms with E-state index in [-0.39, 0.29) is 18.2 Å². The van der Waals surface area contributed by atoms with E-state index >= 15 is 0 Å². The molecule has 0 fully saturated rings. The van der Waals surface area contributed by atoms with E-state index < -0.39 is 6.10 Å². The summed E-state index contributed by atoms with van der Waals surface area (Å²) in [5.41, 5.74) is 0.914. The van der Waals surface area contributed by atoms with Crippen LogP contribution in [0.4, 0.5) is 0 Å². The third kappa shape index (κ3) is 3.60. The first-order valence-electron chi connectivity index (χ1n) is 7.59. The number of nitrogens with zero attached hydrogens (tertiary/aromatic N) is 1. The van der Waals surface area contributed by atoms with Gasteiger partial charge in [0.1, 0.15) is 0 Å². The zero-order valence-electron chi connectivity index (χ0n) is 12.8. The number of hydrogen-bond acceptors (Lipinski definition) is 5. The van der Waals surface area contributed by atoms with E-state index in [1.165, 1.54) is 11.3 Å². The molecule has 3 aromatic rings. The molecule has 0 saturated carbocycles. The van der Waals surface area contributed by atoms with Gasteiger partial charge >= 0.3 is 0 Å². The van der Waals surface area contributed by atoms with Crippen molar-refractivity contribution in [2.24, 2.45) is 0 Å². The van der Waals surface area contributed by atoms with E-state index in [0.717, 1.165) is 21.6 Å². The Morgan fingerprint density at radius 3 is 2.96 bits per heavy atom. The van der Waals surface area contributed by atoms with Gasteiger partial charge in [0, 0.05) is 6.54 Å². The number of carbonyl (C=O) groups is 1. The predicted molar refractivity (Wildman–Crippen MR) is 90.6 cm³/mol. The van der Waals surface area contributed by atoms with Crippen LogP contribution in [0.2, 0.25) is 0 Å². The van der Waals surface area contributed by atoms with E-state index in [1.807, 2.05) is 31.2 Å². The maximum Gasteiger partial charge on any atom is 0.287 e. The highest BCUT2D eigenvalue weighted by molar-refractivity contribution is 7.21. The maximum atomic E-state index is 12.0. The Labute approximate surface area is 138 Å². The summed E-state index contributed by atoms with van der Waals surface area (Å²) >= 11 is 1.52. The molecule has 2 aromatic heterocycles. The van der Waals surface area contributed by atoms with Crippen molar-refractivity contribution in [1.82, 2.24) is 10.3 Å². The average molecular weight is 330 g/mol. The van der Waals surface area contributed by atoms with Gasteiger partial charge in [0.05, 0.1) is 16.3 Å². The van der Waals surface area contributed by atoms with E-state index in [1.54, 1.807) is 12.1 Å². The molecule has 0 spiro atoms. The molecule has 0 radical (unpaired) electrons. The van der Waals surface area contributed by atoms with Crippen LogP contribution in [0.25, 0.3) is 21.0 Å². The quantitative estimate of drug-likeness (QED) is 0.726. The third-order valence-corrected chi connectivity index (χ3v) is 4.51. The van der Waals surface area contributed by atoms with Crippen LogP contribution >= 0.6 is 11.3 Å². The van der Waals surface area contributed by atoms with Crippen LogP contribution in [0.1, 0.15) is 30.3 Å². The summed E-state index contributed by atoms with van der Waals surface area (Å²) in [5.74, 6) is 0.473. The van der Waals surface area contributed by atoms with Crippen LogP contribution in [0.3, 0.4) is 0 Å². The zero-order chi connectivity index (χ0) is 16.2. The second-order valence-corrected chi connectivity index (χ2v) is 6.33. The van der Waals surface area contributed by atoms with Gasteiger partial charge in [0.25, 0.3) is 5.91 Å². The molecule has 6 heteroatoms. The zero-order valence-corrected chi connectivity index (χ0v) is 13.6. The van der Waals surface area contributed by atoms with Crippen molar-refractivity contribution in [2.45, 2.75) is 25.9 Å². The number of aromatic nitrogens is 1. The van der Waals surface area contributed by atoms with Gasteiger partial charge in [-0.2, -0.15) is 0 Å². The van der Waals surface area contributed by atoms with Gasteiger partial charge < -0.3 is 14.8 Å². The van der Waals surface area contributed by atoms with Crippen molar-refractivity contribution in [3.63, 3.8) is 0 Å². The monoisotopic (exact) mass is 330 g/mol. The lowest BCUT2D eigenvalue weighted by atomic mass is 10.2. The number of benzene rings is 1. The molecule has 1 unspecified atom stereocenters. The smallest absolute Gasteiger partial charge is 0.287 e. The molecule has 1 aromatic carbocycles. The molecular formula is C17H18N2O3S. The molecule has 3 rings (SSSR count). The van der Waals surface area contributed by atoms with Gasteiger partial charge in [-0.1, -0.05) is 25.5 Å². The Bertz CT molecular complexity index is 776. The largest absolute Gasteiger partial charge is 0.448 e. The number of hydrogen-bond donors (Lipinski definition) is 2. The fourth-order valence-corrected chi connectivity index (χ4v) is 3.21. The number of carbonyl (C=O) groups excluding carboxylic acids is 1. The number of para-hydroxylation sites is 1. The minimum atomic E-state index is -0.525. The van der Waals surface area contributed by atoms with Crippen LogP contribution in [0.15, 0.2) is 40.8 Å². The van der Waals surface area contributed by atoms with E-state index in [9.17, 15) is 9.90 Å². The fraction of sp³-hybridized carbons (Fsp3) is 0.294. The Morgan fingerprint density at radius 2 is 2.17 bits per heavy atom. The highest BCUT2D eigenvalue weighted by Gasteiger charge is 2.15. The molecule has 5 nitrogen and oxygen atoms in total. The SMILES string of the molecule is CCCC(O)CNC(=O)c1ccc(-c2nc3ccccc3s2)o1. The second kappa shape index (κ2) is 6.93. The van der Waals surface area contributed by atoms with Gasteiger partial charge in [-0.15, -0.1) is 11.3 Å². The molecule has 23 heavy (non-hydrogen) atoms. The van der Waals surface area contributed by atoms with Gasteiger partial charge in [-0.3, -0.25) is 4.79 Å². The molecule has 2 heterocycles. The standard InChI is InChI=1S/C17H18N2O3S/c1-2-5-11(20)10-18-16(21)13-8-9-14(22-13)17-19-12-6-3-4-7-15(12)23-17/h3-4,6-9,11,20H,2,5,10H2,1H3,(H,18,21). The van der Waals surface area contributed by atoms with Crippen molar-refractivity contribution in [2.75, 3.05) is 6.54 Å². The Morgan fingerprint density at radius 1 is 1.35 bits per heavy atom. The van der Waals surface area contributed by atoms with E-state index in [4.69, 9.17) is 4.42 Å². The maximum absolute atomic E-state index is 12.0. The molecule has 0 bridgehead atoms. The molecule has 0 aliphatic carbocycles. The normalized spacial score (nSPS) is 12.4. The lowest BCUT2D eigenvalue weighted by Gasteiger charge is -2.09. The fourth-order valence-electron chi connectivity index (χ4n) is 2.29. The summed E-state index contributed by atoms with van der Waals surface area (Å²) in [6.07, 6.45) is 1.01. The number of thiazole rings is 1. The summed E-state index contributed by atoms with van der Waals surface area (Å²) in [4.78, 5) is 16.5. The number of fused-ring (bicyclic) bond motifs is 1. The number of rotatable bonds is 6. The molecule has 120 valence electrons. The minimum absolute atomic E-state index is 0.225. The summed E-state index contributed by atoms with van der Waals surface area (Å²) in [5, 5.41) is 13.1. The molecule has 0 aliphatic heterocycles. The van der Waals surface area contributed by atoms with Crippen molar-refractivity contribution in [1.29, 1.82) is 0 Å². The van der Waals surface area contributed by atoms with Crippen molar-refractivity contribution >= 4 is 27.5 Å². The number of aliphatic hydroxyl groups is 1. The van der Waals surface area contributed by atoms with Crippen LogP contribution in [0, 0.1) is 0 Å². The molecule has 2 N–H and O–H groups in total. The predicted octanol–water partition coefficient (Wildman–Crippen LogP) is 3.45. The van der Waals surface area contributed by atoms with E-state index in [2.05, 4.69) is 10.3 Å². The first-order chi connectivity index (χ1) is 11.2. The van der Waals surface area contributed by atoms with Crippen LogP contribution in [-0.2, 0) is 0 Å². The molecule has 1 amide bonds. The molecule has 0 aliphatic rings. The van der Waals surface area contributed by atoms with Crippen molar-refractivity contribution in [3.05, 3.63) is 42.2 Å². The Kier molecular flexibility index (Phi) is 4.73. The summed E-state index contributed by atoms with van der Waals surface area (Å²) < 4.78 is 6.68. The van der Waals surface area contributed by atoms with Crippen molar-refractivity contribution in [3.8, 4) is 10.8 Å². The topological polar surface area (TPSA) is 75.4 Å². The first kappa shape index (κ1) is 15.7. The first-order valence-corrected chi connectivity index (χ1v) is 8.41. The number of nitrogens with one attached hydrogen (secondary N) is 1. The van der Waals surface area contributed by atoms with Crippen LogP contribution in [-0.4, -0.2) is 28.6 Å². The summed E-state index contributed by atoms with van der Waals surface area (Å²) in [7, 11) is 0.